The Labute approximate surface area is 215 Å². The number of nitrogens with one attached hydrogen (secondary N) is 1. The maximum absolute atomic E-state index is 13.2. The molecule has 1 fully saturated rings. The molecule has 0 spiro atoms. The van der Waals surface area contributed by atoms with Crippen molar-refractivity contribution in [1.82, 2.24) is 30.0 Å². The van der Waals surface area contributed by atoms with Crippen molar-refractivity contribution in [2.45, 2.75) is 13.0 Å². The van der Waals surface area contributed by atoms with E-state index in [0.717, 1.165) is 55.6 Å². The Hall–Kier alpha value is -3.75. The fourth-order valence-corrected chi connectivity index (χ4v) is 4.65. The van der Waals surface area contributed by atoms with Crippen molar-refractivity contribution in [3.05, 3.63) is 89.8 Å². The molecule has 2 aromatic heterocycles. The maximum Gasteiger partial charge on any atom is 0.272 e. The lowest BCUT2D eigenvalue weighted by molar-refractivity contribution is 0.0922. The van der Waals surface area contributed by atoms with Gasteiger partial charge in [-0.05, 0) is 31.2 Å². The van der Waals surface area contributed by atoms with Gasteiger partial charge < -0.3 is 10.2 Å². The molecule has 36 heavy (non-hydrogen) atoms. The normalized spacial score (nSPS) is 15.0. The van der Waals surface area contributed by atoms with Gasteiger partial charge in [-0.25, -0.2) is 14.6 Å². The summed E-state index contributed by atoms with van der Waals surface area (Å²) in [6.07, 6.45) is 3.53. The minimum atomic E-state index is -0.207. The summed E-state index contributed by atoms with van der Waals surface area (Å²) < 4.78 is 1.74. The smallest absolute Gasteiger partial charge is 0.272 e. The molecule has 4 aromatic rings. The van der Waals surface area contributed by atoms with E-state index in [4.69, 9.17) is 11.6 Å². The summed E-state index contributed by atoms with van der Waals surface area (Å²) in [6.45, 7) is 6.26. The number of carbonyl (C=O) groups is 1. The molecule has 1 amide bonds. The minimum Gasteiger partial charge on any atom is -0.347 e. The van der Waals surface area contributed by atoms with Crippen LogP contribution in [0.2, 0.25) is 5.02 Å². The molecule has 1 unspecified atom stereocenters. The van der Waals surface area contributed by atoms with Gasteiger partial charge in [-0.2, -0.15) is 5.10 Å². The zero-order valence-electron chi connectivity index (χ0n) is 20.1. The second-order valence-corrected chi connectivity index (χ2v) is 9.26. The molecule has 0 aliphatic carbocycles. The summed E-state index contributed by atoms with van der Waals surface area (Å²) in [5.41, 5.74) is 2.84. The summed E-state index contributed by atoms with van der Waals surface area (Å²) >= 11 is 6.47. The molecule has 3 heterocycles. The monoisotopic (exact) mass is 501 g/mol. The summed E-state index contributed by atoms with van der Waals surface area (Å²) in [5.74, 6) is 0.559. The molecular weight excluding hydrogens is 474 g/mol. The highest BCUT2D eigenvalue weighted by Gasteiger charge is 2.23. The number of piperazine rings is 1. The lowest BCUT2D eigenvalue weighted by atomic mass is 10.1. The Morgan fingerprint density at radius 1 is 0.972 bits per heavy atom. The third-order valence-electron chi connectivity index (χ3n) is 6.21. The van der Waals surface area contributed by atoms with Crippen LogP contribution in [-0.4, -0.2) is 69.3 Å². The first kappa shape index (κ1) is 24.0. The molecule has 9 heteroatoms. The maximum atomic E-state index is 13.2. The number of para-hydroxylation sites is 1. The van der Waals surface area contributed by atoms with E-state index in [1.807, 2.05) is 73.7 Å². The highest BCUT2D eigenvalue weighted by atomic mass is 35.5. The topological polar surface area (TPSA) is 79.2 Å². The van der Waals surface area contributed by atoms with Crippen molar-refractivity contribution in [2.24, 2.45) is 0 Å². The minimum absolute atomic E-state index is 0.0392. The first-order valence-corrected chi connectivity index (χ1v) is 12.4. The van der Waals surface area contributed by atoms with E-state index < -0.39 is 0 Å². The number of amides is 1. The number of hydrogen-bond acceptors (Lipinski definition) is 6. The lowest BCUT2D eigenvalue weighted by Crippen LogP contribution is -2.51. The van der Waals surface area contributed by atoms with Crippen molar-refractivity contribution < 1.29 is 4.79 Å². The van der Waals surface area contributed by atoms with Gasteiger partial charge in [0.15, 0.2) is 5.69 Å². The summed E-state index contributed by atoms with van der Waals surface area (Å²) in [7, 11) is 0. The average molecular weight is 502 g/mol. The van der Waals surface area contributed by atoms with Gasteiger partial charge >= 0.3 is 0 Å². The van der Waals surface area contributed by atoms with E-state index in [0.29, 0.717) is 10.7 Å². The molecule has 1 atom stereocenters. The lowest BCUT2D eigenvalue weighted by Gasteiger charge is -2.35. The van der Waals surface area contributed by atoms with E-state index >= 15 is 0 Å². The fraction of sp³-hybridized carbons (Fsp3) is 0.259. The number of anilines is 1. The van der Waals surface area contributed by atoms with Crippen molar-refractivity contribution >= 4 is 23.5 Å². The second kappa shape index (κ2) is 10.9. The third-order valence-corrected chi connectivity index (χ3v) is 6.53. The number of carbonyl (C=O) groups excluding carboxylic acids is 1. The average Bonchev–Trinajstić information content (AvgIpc) is 3.36. The molecule has 2 aromatic carbocycles. The van der Waals surface area contributed by atoms with Crippen molar-refractivity contribution in [2.75, 3.05) is 37.6 Å². The highest BCUT2D eigenvalue weighted by Crippen LogP contribution is 2.27. The van der Waals surface area contributed by atoms with Gasteiger partial charge in [-0.3, -0.25) is 9.69 Å². The Bertz CT molecular complexity index is 1300. The zero-order valence-corrected chi connectivity index (χ0v) is 20.8. The van der Waals surface area contributed by atoms with Gasteiger partial charge in [0.1, 0.15) is 0 Å². The van der Waals surface area contributed by atoms with E-state index in [1.165, 1.54) is 0 Å². The Balaban J connectivity index is 1.26. The molecule has 8 nitrogen and oxygen atoms in total. The standard InChI is InChI=1S/C27H28ClN7O/c1-20(19-33-14-16-34(17-15-33)27-29-12-7-13-30-27)31-26(36)23-18-25(21-8-3-2-4-9-21)35(32-23)24-11-6-5-10-22(24)28/h2-13,18,20H,14-17,19H2,1H3,(H,31,36). The van der Waals surface area contributed by atoms with Crippen LogP contribution in [0.5, 0.6) is 0 Å². The second-order valence-electron chi connectivity index (χ2n) is 8.86. The zero-order chi connectivity index (χ0) is 24.9. The molecular formula is C27H28ClN7O. The van der Waals surface area contributed by atoms with Crippen LogP contribution in [0.1, 0.15) is 17.4 Å². The summed E-state index contributed by atoms with van der Waals surface area (Å²) in [6, 6.07) is 21.0. The van der Waals surface area contributed by atoms with Gasteiger partial charge in [0.25, 0.3) is 5.91 Å². The quantitative estimate of drug-likeness (QED) is 0.413. The number of rotatable bonds is 7. The highest BCUT2D eigenvalue weighted by molar-refractivity contribution is 6.32. The van der Waals surface area contributed by atoms with Gasteiger partial charge in [-0.1, -0.05) is 54.1 Å². The Morgan fingerprint density at radius 2 is 1.67 bits per heavy atom. The molecule has 1 aliphatic rings. The fourth-order valence-electron chi connectivity index (χ4n) is 4.43. The van der Waals surface area contributed by atoms with Crippen LogP contribution in [0, 0.1) is 0 Å². The van der Waals surface area contributed by atoms with Gasteiger partial charge in [0, 0.05) is 56.7 Å². The summed E-state index contributed by atoms with van der Waals surface area (Å²) in [5, 5.41) is 8.33. The van der Waals surface area contributed by atoms with E-state index in [2.05, 4.69) is 30.2 Å². The molecule has 1 aliphatic heterocycles. The molecule has 0 bridgehead atoms. The van der Waals surface area contributed by atoms with Crippen LogP contribution in [0.15, 0.2) is 79.1 Å². The molecule has 1 N–H and O–H groups in total. The van der Waals surface area contributed by atoms with Crippen LogP contribution < -0.4 is 10.2 Å². The predicted molar refractivity (Wildman–Crippen MR) is 142 cm³/mol. The van der Waals surface area contributed by atoms with E-state index in [-0.39, 0.29) is 11.9 Å². The largest absolute Gasteiger partial charge is 0.347 e. The van der Waals surface area contributed by atoms with Gasteiger partial charge in [0.05, 0.1) is 16.4 Å². The first-order valence-electron chi connectivity index (χ1n) is 12.0. The number of aromatic nitrogens is 4. The third kappa shape index (κ3) is 5.40. The predicted octanol–water partition coefficient (Wildman–Crippen LogP) is 3.92. The molecule has 1 saturated heterocycles. The number of halogens is 1. The number of nitrogens with zero attached hydrogens (tertiary/aromatic N) is 6. The van der Waals surface area contributed by atoms with Crippen LogP contribution in [0.4, 0.5) is 5.95 Å². The van der Waals surface area contributed by atoms with Crippen molar-refractivity contribution in [1.29, 1.82) is 0 Å². The Kier molecular flexibility index (Phi) is 7.25. The SMILES string of the molecule is CC(CN1CCN(c2ncccn2)CC1)NC(=O)c1cc(-c2ccccc2)n(-c2ccccc2Cl)n1. The van der Waals surface area contributed by atoms with Crippen molar-refractivity contribution in [3.8, 4) is 16.9 Å². The molecule has 5 rings (SSSR count). The van der Waals surface area contributed by atoms with Crippen LogP contribution in [0.3, 0.4) is 0 Å². The van der Waals surface area contributed by atoms with E-state index in [9.17, 15) is 4.79 Å². The number of benzene rings is 2. The Morgan fingerprint density at radius 3 is 2.39 bits per heavy atom. The van der Waals surface area contributed by atoms with Gasteiger partial charge in [0.2, 0.25) is 5.95 Å². The van der Waals surface area contributed by atoms with Crippen molar-refractivity contribution in [3.63, 3.8) is 0 Å². The molecule has 0 saturated carbocycles. The van der Waals surface area contributed by atoms with E-state index in [1.54, 1.807) is 17.1 Å². The molecule has 184 valence electrons. The first-order chi connectivity index (χ1) is 17.6. The summed E-state index contributed by atoms with van der Waals surface area (Å²) in [4.78, 5) is 26.4. The van der Waals surface area contributed by atoms with Gasteiger partial charge in [-0.15, -0.1) is 0 Å². The van der Waals surface area contributed by atoms with Crippen LogP contribution in [-0.2, 0) is 0 Å². The van der Waals surface area contributed by atoms with Crippen LogP contribution >= 0.6 is 11.6 Å². The molecule has 0 radical (unpaired) electrons. The van der Waals surface area contributed by atoms with Crippen LogP contribution in [0.25, 0.3) is 16.9 Å². The number of hydrogen-bond donors (Lipinski definition) is 1.